The van der Waals surface area contributed by atoms with Gasteiger partial charge >= 0.3 is 0 Å². The van der Waals surface area contributed by atoms with Crippen LogP contribution in [-0.2, 0) is 5.60 Å². The largest absolute Gasteiger partial charge is 0.497 e. The van der Waals surface area contributed by atoms with Gasteiger partial charge < -0.3 is 14.7 Å². The summed E-state index contributed by atoms with van der Waals surface area (Å²) in [7, 11) is 3.77. The van der Waals surface area contributed by atoms with Crippen molar-refractivity contribution < 1.29 is 9.84 Å². The first-order valence-corrected chi connectivity index (χ1v) is 6.19. The number of aliphatic hydroxyl groups is 1. The third-order valence-corrected chi connectivity index (χ3v) is 3.64. The Hall–Kier alpha value is -1.06. The zero-order chi connectivity index (χ0) is 12.3. The zero-order valence-electron chi connectivity index (χ0n) is 10.6. The highest BCUT2D eigenvalue weighted by Gasteiger charge is 2.31. The van der Waals surface area contributed by atoms with Gasteiger partial charge in [0.2, 0.25) is 0 Å². The number of nitrogens with zero attached hydrogens (tertiary/aromatic N) is 1. The molecule has 1 aliphatic rings. The molecule has 0 amide bonds. The minimum absolute atomic E-state index is 0.695. The molecule has 0 saturated carbocycles. The van der Waals surface area contributed by atoms with Gasteiger partial charge in [0, 0.05) is 6.54 Å². The summed E-state index contributed by atoms with van der Waals surface area (Å²) in [5, 5.41) is 10.8. The smallest absolute Gasteiger partial charge is 0.119 e. The van der Waals surface area contributed by atoms with Crippen molar-refractivity contribution in [2.75, 3.05) is 27.2 Å². The molecule has 1 N–H and O–H groups in total. The van der Waals surface area contributed by atoms with Crippen molar-refractivity contribution in [3.63, 3.8) is 0 Å². The molecule has 0 aliphatic carbocycles. The van der Waals surface area contributed by atoms with Crippen LogP contribution in [0.1, 0.15) is 24.8 Å². The van der Waals surface area contributed by atoms with Gasteiger partial charge in [-0.05, 0) is 50.6 Å². The topological polar surface area (TPSA) is 32.7 Å². The number of rotatable bonds is 2. The van der Waals surface area contributed by atoms with E-state index in [1.165, 1.54) is 0 Å². The second-order valence-corrected chi connectivity index (χ2v) is 4.92. The predicted octanol–water partition coefficient (Wildman–Crippen LogP) is 2.00. The number of hydrogen-bond donors (Lipinski definition) is 1. The van der Waals surface area contributed by atoms with Crippen LogP contribution in [0.5, 0.6) is 5.75 Å². The molecular weight excluding hydrogens is 214 g/mol. The Balaban J connectivity index is 2.23. The molecule has 1 atom stereocenters. The van der Waals surface area contributed by atoms with E-state index in [1.807, 2.05) is 24.3 Å². The maximum atomic E-state index is 10.8. The van der Waals surface area contributed by atoms with Crippen LogP contribution >= 0.6 is 0 Å². The number of methoxy groups -OCH3 is 1. The highest BCUT2D eigenvalue weighted by Crippen LogP contribution is 2.33. The summed E-state index contributed by atoms with van der Waals surface area (Å²) in [6, 6.07) is 7.80. The van der Waals surface area contributed by atoms with Crippen molar-refractivity contribution in [2.45, 2.75) is 24.9 Å². The van der Waals surface area contributed by atoms with Gasteiger partial charge in [-0.25, -0.2) is 0 Å². The van der Waals surface area contributed by atoms with Crippen molar-refractivity contribution in [2.24, 2.45) is 0 Å². The average Bonchev–Trinajstić information content (AvgIpc) is 2.53. The number of hydrogen-bond acceptors (Lipinski definition) is 3. The van der Waals surface area contributed by atoms with E-state index in [9.17, 15) is 5.11 Å². The lowest BCUT2D eigenvalue weighted by Crippen LogP contribution is -2.27. The van der Waals surface area contributed by atoms with Crippen molar-refractivity contribution in [1.29, 1.82) is 0 Å². The standard InChI is InChI=1S/C14H21NO2/c1-15-9-4-7-14(16,8-10-15)12-5-3-6-13(11-12)17-2/h3,5-6,11,16H,4,7-10H2,1-2H3. The molecule has 0 spiro atoms. The van der Waals surface area contributed by atoms with Crippen LogP contribution in [0.4, 0.5) is 0 Å². The molecule has 1 unspecified atom stereocenters. The summed E-state index contributed by atoms with van der Waals surface area (Å²) in [6.07, 6.45) is 2.64. The second-order valence-electron chi connectivity index (χ2n) is 4.92. The molecule has 1 saturated heterocycles. The van der Waals surface area contributed by atoms with Crippen LogP contribution < -0.4 is 4.74 Å². The summed E-state index contributed by atoms with van der Waals surface area (Å²) >= 11 is 0. The molecular formula is C14H21NO2. The maximum absolute atomic E-state index is 10.8. The molecule has 3 heteroatoms. The minimum atomic E-state index is -0.695. The quantitative estimate of drug-likeness (QED) is 0.851. The number of likely N-dealkylation sites (tertiary alicyclic amines) is 1. The van der Waals surface area contributed by atoms with Gasteiger partial charge in [-0.1, -0.05) is 12.1 Å². The van der Waals surface area contributed by atoms with Crippen LogP contribution in [-0.4, -0.2) is 37.3 Å². The molecule has 0 bridgehead atoms. The number of ether oxygens (including phenoxy) is 1. The van der Waals surface area contributed by atoms with Crippen LogP contribution in [0.25, 0.3) is 0 Å². The molecule has 94 valence electrons. The Morgan fingerprint density at radius 3 is 2.88 bits per heavy atom. The zero-order valence-corrected chi connectivity index (χ0v) is 10.6. The van der Waals surface area contributed by atoms with E-state index in [2.05, 4.69) is 11.9 Å². The van der Waals surface area contributed by atoms with E-state index >= 15 is 0 Å². The Bertz CT molecular complexity index is 380. The normalized spacial score (nSPS) is 26.5. The fourth-order valence-corrected chi connectivity index (χ4v) is 2.46. The van der Waals surface area contributed by atoms with Gasteiger partial charge in [-0.3, -0.25) is 0 Å². The predicted molar refractivity (Wildman–Crippen MR) is 68.2 cm³/mol. The fraction of sp³-hybridized carbons (Fsp3) is 0.571. The third-order valence-electron chi connectivity index (χ3n) is 3.64. The van der Waals surface area contributed by atoms with Crippen molar-refractivity contribution in [1.82, 2.24) is 4.90 Å². The average molecular weight is 235 g/mol. The lowest BCUT2D eigenvalue weighted by molar-refractivity contribution is 0.0216. The molecule has 17 heavy (non-hydrogen) atoms. The van der Waals surface area contributed by atoms with Crippen LogP contribution in [0.3, 0.4) is 0 Å². The molecule has 3 nitrogen and oxygen atoms in total. The van der Waals surface area contributed by atoms with E-state index in [0.717, 1.165) is 43.7 Å². The van der Waals surface area contributed by atoms with Crippen LogP contribution in [0.2, 0.25) is 0 Å². The molecule has 2 rings (SSSR count). The van der Waals surface area contributed by atoms with E-state index in [-0.39, 0.29) is 0 Å². The molecule has 0 radical (unpaired) electrons. The number of benzene rings is 1. The molecule has 1 aromatic rings. The van der Waals surface area contributed by atoms with Gasteiger partial charge in [0.1, 0.15) is 5.75 Å². The highest BCUT2D eigenvalue weighted by molar-refractivity contribution is 5.32. The molecule has 1 aliphatic heterocycles. The Morgan fingerprint density at radius 1 is 1.29 bits per heavy atom. The van der Waals surface area contributed by atoms with Crippen LogP contribution in [0.15, 0.2) is 24.3 Å². The third kappa shape index (κ3) is 2.79. The van der Waals surface area contributed by atoms with Gasteiger partial charge in [0.15, 0.2) is 0 Å². The lowest BCUT2D eigenvalue weighted by Gasteiger charge is -2.27. The first-order valence-electron chi connectivity index (χ1n) is 6.19. The minimum Gasteiger partial charge on any atom is -0.497 e. The monoisotopic (exact) mass is 235 g/mol. The van der Waals surface area contributed by atoms with Crippen LogP contribution in [0, 0.1) is 0 Å². The summed E-state index contributed by atoms with van der Waals surface area (Å²) in [4.78, 5) is 2.28. The summed E-state index contributed by atoms with van der Waals surface area (Å²) in [5.74, 6) is 0.813. The highest BCUT2D eigenvalue weighted by atomic mass is 16.5. The van der Waals surface area contributed by atoms with Crippen molar-refractivity contribution >= 4 is 0 Å². The van der Waals surface area contributed by atoms with Crippen molar-refractivity contribution in [3.05, 3.63) is 29.8 Å². The Kier molecular flexibility index (Phi) is 3.69. The summed E-state index contributed by atoms with van der Waals surface area (Å²) in [5.41, 5.74) is 0.284. The van der Waals surface area contributed by atoms with Crippen molar-refractivity contribution in [3.8, 4) is 5.75 Å². The van der Waals surface area contributed by atoms with Gasteiger partial charge in [0.05, 0.1) is 12.7 Å². The van der Waals surface area contributed by atoms with E-state index < -0.39 is 5.60 Å². The van der Waals surface area contributed by atoms with E-state index in [4.69, 9.17) is 4.74 Å². The molecule has 1 fully saturated rings. The Labute approximate surface area is 103 Å². The Morgan fingerprint density at radius 2 is 2.12 bits per heavy atom. The lowest BCUT2D eigenvalue weighted by atomic mass is 9.87. The molecule has 1 heterocycles. The summed E-state index contributed by atoms with van der Waals surface area (Å²) < 4.78 is 5.22. The van der Waals surface area contributed by atoms with E-state index in [0.29, 0.717) is 0 Å². The molecule has 1 aromatic carbocycles. The summed E-state index contributed by atoms with van der Waals surface area (Å²) in [6.45, 7) is 2.00. The molecule has 0 aromatic heterocycles. The fourth-order valence-electron chi connectivity index (χ4n) is 2.46. The maximum Gasteiger partial charge on any atom is 0.119 e. The SMILES string of the molecule is COc1cccc(C2(O)CCCN(C)CC2)c1. The van der Waals surface area contributed by atoms with Gasteiger partial charge in [0.25, 0.3) is 0 Å². The van der Waals surface area contributed by atoms with Gasteiger partial charge in [-0.2, -0.15) is 0 Å². The van der Waals surface area contributed by atoms with E-state index in [1.54, 1.807) is 7.11 Å². The first-order chi connectivity index (χ1) is 8.14. The second kappa shape index (κ2) is 5.07. The first kappa shape index (κ1) is 12.4. The van der Waals surface area contributed by atoms with Gasteiger partial charge in [-0.15, -0.1) is 0 Å².